The minimum atomic E-state index is 0.273. The summed E-state index contributed by atoms with van der Waals surface area (Å²) in [7, 11) is 0. The summed E-state index contributed by atoms with van der Waals surface area (Å²) in [5.41, 5.74) is 1.63. The fourth-order valence-corrected chi connectivity index (χ4v) is 1.63. The standard InChI is InChI=1S/C9H11ClN4/c1-3-4-14-6(2)12-7-5-11-9(10)13-8(7)14/h5H,3-4H2,1-2H3. The molecule has 0 saturated heterocycles. The lowest BCUT2D eigenvalue weighted by atomic mass is 10.4. The van der Waals surface area contributed by atoms with E-state index >= 15 is 0 Å². The number of aryl methyl sites for hydroxylation is 2. The summed E-state index contributed by atoms with van der Waals surface area (Å²) in [6, 6.07) is 0. The van der Waals surface area contributed by atoms with Gasteiger partial charge < -0.3 is 4.57 Å². The normalized spacial score (nSPS) is 11.1. The molecule has 0 atom stereocenters. The molecule has 2 aromatic heterocycles. The van der Waals surface area contributed by atoms with Gasteiger partial charge in [-0.1, -0.05) is 6.92 Å². The highest BCUT2D eigenvalue weighted by Crippen LogP contribution is 2.14. The zero-order chi connectivity index (χ0) is 10.1. The summed E-state index contributed by atoms with van der Waals surface area (Å²) in [6.45, 7) is 5.00. The number of aromatic nitrogens is 4. The summed E-state index contributed by atoms with van der Waals surface area (Å²) in [6.07, 6.45) is 2.71. The van der Waals surface area contributed by atoms with Crippen LogP contribution in [0.2, 0.25) is 5.28 Å². The maximum absolute atomic E-state index is 5.74. The number of imidazole rings is 1. The number of fused-ring (bicyclic) bond motifs is 1. The molecule has 0 aliphatic heterocycles. The lowest BCUT2D eigenvalue weighted by Crippen LogP contribution is -2.00. The highest BCUT2D eigenvalue weighted by atomic mass is 35.5. The molecule has 0 aliphatic rings. The number of hydrogen-bond acceptors (Lipinski definition) is 3. The highest BCUT2D eigenvalue weighted by molar-refractivity contribution is 6.28. The Kier molecular flexibility index (Phi) is 2.37. The number of nitrogens with zero attached hydrogens (tertiary/aromatic N) is 4. The van der Waals surface area contributed by atoms with Crippen molar-refractivity contribution in [1.82, 2.24) is 19.5 Å². The monoisotopic (exact) mass is 210 g/mol. The molecular formula is C9H11ClN4. The van der Waals surface area contributed by atoms with Crippen LogP contribution in [-0.4, -0.2) is 19.5 Å². The second kappa shape index (κ2) is 3.53. The van der Waals surface area contributed by atoms with Gasteiger partial charge in [0.25, 0.3) is 0 Å². The van der Waals surface area contributed by atoms with E-state index in [0.717, 1.165) is 30.0 Å². The van der Waals surface area contributed by atoms with Crippen molar-refractivity contribution in [3.8, 4) is 0 Å². The van der Waals surface area contributed by atoms with E-state index in [1.54, 1.807) is 6.20 Å². The first-order chi connectivity index (χ1) is 6.72. The molecule has 2 rings (SSSR count). The molecule has 74 valence electrons. The van der Waals surface area contributed by atoms with E-state index in [1.165, 1.54) is 0 Å². The van der Waals surface area contributed by atoms with E-state index in [0.29, 0.717) is 0 Å². The first-order valence-electron chi connectivity index (χ1n) is 4.57. The molecule has 2 aromatic rings. The van der Waals surface area contributed by atoms with Crippen LogP contribution in [0.3, 0.4) is 0 Å². The molecule has 0 N–H and O–H groups in total. The lowest BCUT2D eigenvalue weighted by molar-refractivity contribution is 0.670. The Balaban J connectivity index is 2.66. The van der Waals surface area contributed by atoms with Gasteiger partial charge in [-0.25, -0.2) is 9.97 Å². The molecule has 0 saturated carbocycles. The highest BCUT2D eigenvalue weighted by Gasteiger charge is 2.08. The zero-order valence-electron chi connectivity index (χ0n) is 8.16. The Morgan fingerprint density at radius 3 is 2.93 bits per heavy atom. The summed E-state index contributed by atoms with van der Waals surface area (Å²) < 4.78 is 2.06. The molecule has 0 spiro atoms. The summed E-state index contributed by atoms with van der Waals surface area (Å²) >= 11 is 5.74. The van der Waals surface area contributed by atoms with Crippen LogP contribution in [-0.2, 0) is 6.54 Å². The number of halogens is 1. The number of hydrogen-bond donors (Lipinski definition) is 0. The third-order valence-electron chi connectivity index (χ3n) is 2.10. The van der Waals surface area contributed by atoms with Crippen LogP contribution in [0.4, 0.5) is 0 Å². The molecule has 4 nitrogen and oxygen atoms in total. The van der Waals surface area contributed by atoms with Crippen LogP contribution in [0.1, 0.15) is 19.2 Å². The molecule has 0 aromatic carbocycles. The van der Waals surface area contributed by atoms with Gasteiger partial charge in [0.15, 0.2) is 5.65 Å². The predicted octanol–water partition coefficient (Wildman–Crippen LogP) is 2.20. The second-order valence-electron chi connectivity index (χ2n) is 3.16. The molecule has 5 heteroatoms. The Morgan fingerprint density at radius 2 is 2.21 bits per heavy atom. The molecule has 0 unspecified atom stereocenters. The molecule has 0 bridgehead atoms. The van der Waals surface area contributed by atoms with Crippen molar-refractivity contribution in [3.05, 3.63) is 17.3 Å². The lowest BCUT2D eigenvalue weighted by Gasteiger charge is -2.02. The second-order valence-corrected chi connectivity index (χ2v) is 3.50. The maximum Gasteiger partial charge on any atom is 0.224 e. The summed E-state index contributed by atoms with van der Waals surface area (Å²) in [4.78, 5) is 12.4. The van der Waals surface area contributed by atoms with E-state index < -0.39 is 0 Å². The third kappa shape index (κ3) is 1.46. The van der Waals surface area contributed by atoms with Crippen LogP contribution in [0, 0.1) is 6.92 Å². The van der Waals surface area contributed by atoms with Crippen LogP contribution in [0.15, 0.2) is 6.20 Å². The van der Waals surface area contributed by atoms with Gasteiger partial charge >= 0.3 is 0 Å². The van der Waals surface area contributed by atoms with Crippen LogP contribution >= 0.6 is 11.6 Å². The van der Waals surface area contributed by atoms with Gasteiger partial charge in [-0.3, -0.25) is 0 Å². The molecule has 0 aliphatic carbocycles. The van der Waals surface area contributed by atoms with Crippen molar-refractivity contribution in [3.63, 3.8) is 0 Å². The Hall–Kier alpha value is -1.16. The van der Waals surface area contributed by atoms with E-state index in [-0.39, 0.29) is 5.28 Å². The van der Waals surface area contributed by atoms with E-state index in [2.05, 4.69) is 26.4 Å². The fourth-order valence-electron chi connectivity index (χ4n) is 1.50. The minimum Gasteiger partial charge on any atom is -0.313 e. The summed E-state index contributed by atoms with van der Waals surface area (Å²) in [5.74, 6) is 0.957. The maximum atomic E-state index is 5.74. The van der Waals surface area contributed by atoms with Crippen LogP contribution in [0.5, 0.6) is 0 Å². The van der Waals surface area contributed by atoms with E-state index in [9.17, 15) is 0 Å². The van der Waals surface area contributed by atoms with Gasteiger partial charge in [-0.05, 0) is 24.9 Å². The van der Waals surface area contributed by atoms with Gasteiger partial charge in [0.05, 0.1) is 6.20 Å². The first-order valence-corrected chi connectivity index (χ1v) is 4.95. The van der Waals surface area contributed by atoms with Crippen LogP contribution in [0.25, 0.3) is 11.2 Å². The van der Waals surface area contributed by atoms with Crippen LogP contribution < -0.4 is 0 Å². The topological polar surface area (TPSA) is 43.6 Å². The minimum absolute atomic E-state index is 0.273. The Labute approximate surface area is 87.0 Å². The first kappa shape index (κ1) is 9.40. The third-order valence-corrected chi connectivity index (χ3v) is 2.28. The molecule has 0 amide bonds. The van der Waals surface area contributed by atoms with Crippen molar-refractivity contribution >= 4 is 22.8 Å². The molecule has 14 heavy (non-hydrogen) atoms. The fraction of sp³-hybridized carbons (Fsp3) is 0.444. The van der Waals surface area contributed by atoms with Crippen molar-refractivity contribution in [2.75, 3.05) is 0 Å². The molecule has 2 heterocycles. The Morgan fingerprint density at radius 1 is 1.43 bits per heavy atom. The van der Waals surface area contributed by atoms with Crippen molar-refractivity contribution < 1.29 is 0 Å². The van der Waals surface area contributed by atoms with E-state index in [1.807, 2.05) is 6.92 Å². The SMILES string of the molecule is CCCn1c(C)nc2cnc(Cl)nc21. The van der Waals surface area contributed by atoms with Crippen molar-refractivity contribution in [2.24, 2.45) is 0 Å². The predicted molar refractivity (Wildman–Crippen MR) is 55.4 cm³/mol. The quantitative estimate of drug-likeness (QED) is 0.714. The van der Waals surface area contributed by atoms with Gasteiger partial charge in [0, 0.05) is 6.54 Å². The Bertz CT molecular complexity index is 463. The zero-order valence-corrected chi connectivity index (χ0v) is 8.91. The van der Waals surface area contributed by atoms with Crippen molar-refractivity contribution in [2.45, 2.75) is 26.8 Å². The summed E-state index contributed by atoms with van der Waals surface area (Å²) in [5, 5.41) is 0.273. The molecular weight excluding hydrogens is 200 g/mol. The van der Waals surface area contributed by atoms with Gasteiger partial charge in [0.1, 0.15) is 11.3 Å². The van der Waals surface area contributed by atoms with Crippen molar-refractivity contribution in [1.29, 1.82) is 0 Å². The molecule has 0 fully saturated rings. The average molecular weight is 211 g/mol. The smallest absolute Gasteiger partial charge is 0.224 e. The van der Waals surface area contributed by atoms with Gasteiger partial charge in [-0.2, -0.15) is 4.98 Å². The van der Waals surface area contributed by atoms with Gasteiger partial charge in [0.2, 0.25) is 5.28 Å². The molecule has 0 radical (unpaired) electrons. The number of rotatable bonds is 2. The largest absolute Gasteiger partial charge is 0.313 e. The van der Waals surface area contributed by atoms with Gasteiger partial charge in [-0.15, -0.1) is 0 Å². The van der Waals surface area contributed by atoms with E-state index in [4.69, 9.17) is 11.6 Å². The average Bonchev–Trinajstić information content (AvgIpc) is 2.45.